The van der Waals surface area contributed by atoms with Crippen LogP contribution in [0.3, 0.4) is 0 Å². The Bertz CT molecular complexity index is 342. The van der Waals surface area contributed by atoms with Gasteiger partial charge in [0.15, 0.2) is 0 Å². The molecule has 1 saturated heterocycles. The fourth-order valence-corrected chi connectivity index (χ4v) is 1.88. The quantitative estimate of drug-likeness (QED) is 0.665. The Morgan fingerprint density at radius 1 is 1.53 bits per heavy atom. The number of carboxylic acid groups (broad SMARTS) is 1. The SMILES string of the molecule is O=C(O)CC1CNNC1c1ccncc1. The van der Waals surface area contributed by atoms with Crippen molar-refractivity contribution in [1.29, 1.82) is 0 Å². The molecule has 0 bridgehead atoms. The van der Waals surface area contributed by atoms with Gasteiger partial charge in [-0.3, -0.25) is 15.2 Å². The molecule has 2 rings (SSSR count). The monoisotopic (exact) mass is 207 g/mol. The standard InChI is InChI=1S/C10H13N3O2/c14-9(15)5-8-6-12-13-10(8)7-1-3-11-4-2-7/h1-4,8,10,12-13H,5-6H2,(H,14,15). The number of pyridine rings is 1. The summed E-state index contributed by atoms with van der Waals surface area (Å²) < 4.78 is 0. The number of carbonyl (C=O) groups is 1. The summed E-state index contributed by atoms with van der Waals surface area (Å²) in [5.41, 5.74) is 7.15. The summed E-state index contributed by atoms with van der Waals surface area (Å²) >= 11 is 0. The van der Waals surface area contributed by atoms with Crippen molar-refractivity contribution in [2.75, 3.05) is 6.54 Å². The number of nitrogens with one attached hydrogen (secondary N) is 2. The van der Waals surface area contributed by atoms with Crippen molar-refractivity contribution in [2.45, 2.75) is 12.5 Å². The predicted octanol–water partition coefficient (Wildman–Crippen LogP) is 0.321. The highest BCUT2D eigenvalue weighted by atomic mass is 16.4. The maximum Gasteiger partial charge on any atom is 0.303 e. The molecule has 1 aliphatic heterocycles. The van der Waals surface area contributed by atoms with E-state index < -0.39 is 5.97 Å². The summed E-state index contributed by atoms with van der Waals surface area (Å²) in [5.74, 6) is -0.672. The average Bonchev–Trinajstić information content (AvgIpc) is 2.66. The molecule has 2 atom stereocenters. The van der Waals surface area contributed by atoms with E-state index in [0.29, 0.717) is 6.54 Å². The van der Waals surface area contributed by atoms with Crippen molar-refractivity contribution < 1.29 is 9.90 Å². The van der Waals surface area contributed by atoms with Crippen molar-refractivity contribution in [1.82, 2.24) is 15.8 Å². The first-order valence-electron chi connectivity index (χ1n) is 4.87. The fourth-order valence-electron chi connectivity index (χ4n) is 1.88. The Balaban J connectivity index is 2.11. The number of hydrogen-bond acceptors (Lipinski definition) is 4. The van der Waals surface area contributed by atoms with E-state index in [1.807, 2.05) is 12.1 Å². The molecule has 1 aliphatic rings. The van der Waals surface area contributed by atoms with E-state index in [0.717, 1.165) is 5.56 Å². The van der Waals surface area contributed by atoms with E-state index in [4.69, 9.17) is 5.11 Å². The van der Waals surface area contributed by atoms with Crippen LogP contribution in [0.5, 0.6) is 0 Å². The van der Waals surface area contributed by atoms with Crippen LogP contribution in [0, 0.1) is 5.92 Å². The van der Waals surface area contributed by atoms with Crippen LogP contribution in [0.2, 0.25) is 0 Å². The molecule has 0 saturated carbocycles. The summed E-state index contributed by atoms with van der Waals surface area (Å²) in [6, 6.07) is 3.86. The molecular weight excluding hydrogens is 194 g/mol. The summed E-state index contributed by atoms with van der Waals surface area (Å²) in [6.45, 7) is 0.680. The molecular formula is C10H13N3O2. The van der Waals surface area contributed by atoms with E-state index in [-0.39, 0.29) is 18.4 Å². The molecule has 5 heteroatoms. The smallest absolute Gasteiger partial charge is 0.303 e. The van der Waals surface area contributed by atoms with Gasteiger partial charge in [0.1, 0.15) is 0 Å². The molecule has 2 unspecified atom stereocenters. The second-order valence-corrected chi connectivity index (χ2v) is 3.64. The van der Waals surface area contributed by atoms with Crippen LogP contribution < -0.4 is 10.9 Å². The summed E-state index contributed by atoms with van der Waals surface area (Å²) in [7, 11) is 0. The lowest BCUT2D eigenvalue weighted by molar-refractivity contribution is -0.138. The average molecular weight is 207 g/mol. The lowest BCUT2D eigenvalue weighted by atomic mass is 9.93. The number of hydrogen-bond donors (Lipinski definition) is 3. The van der Waals surface area contributed by atoms with Crippen LogP contribution in [0.4, 0.5) is 0 Å². The van der Waals surface area contributed by atoms with Gasteiger partial charge in [-0.05, 0) is 17.7 Å². The van der Waals surface area contributed by atoms with Crippen LogP contribution in [-0.4, -0.2) is 22.6 Å². The largest absolute Gasteiger partial charge is 0.481 e. The molecule has 0 amide bonds. The molecule has 1 aromatic rings. The molecule has 0 aliphatic carbocycles. The zero-order chi connectivity index (χ0) is 10.7. The molecule has 3 N–H and O–H groups in total. The second-order valence-electron chi connectivity index (χ2n) is 3.64. The van der Waals surface area contributed by atoms with Crippen molar-refractivity contribution >= 4 is 5.97 Å². The molecule has 0 radical (unpaired) electrons. The number of carboxylic acids is 1. The molecule has 15 heavy (non-hydrogen) atoms. The van der Waals surface area contributed by atoms with E-state index in [2.05, 4.69) is 15.8 Å². The Hall–Kier alpha value is -1.46. The summed E-state index contributed by atoms with van der Waals surface area (Å²) in [4.78, 5) is 14.6. The van der Waals surface area contributed by atoms with Crippen LogP contribution in [0.25, 0.3) is 0 Å². The normalized spacial score (nSPS) is 25.3. The zero-order valence-electron chi connectivity index (χ0n) is 8.18. The van der Waals surface area contributed by atoms with Crippen LogP contribution >= 0.6 is 0 Å². The molecule has 1 fully saturated rings. The van der Waals surface area contributed by atoms with E-state index >= 15 is 0 Å². The van der Waals surface area contributed by atoms with Gasteiger partial charge in [-0.15, -0.1) is 0 Å². The van der Waals surface area contributed by atoms with E-state index in [1.54, 1.807) is 12.4 Å². The van der Waals surface area contributed by atoms with E-state index in [1.165, 1.54) is 0 Å². The highest BCUT2D eigenvalue weighted by Crippen LogP contribution is 2.26. The lowest BCUT2D eigenvalue weighted by Crippen LogP contribution is -2.25. The third-order valence-corrected chi connectivity index (χ3v) is 2.60. The third-order valence-electron chi connectivity index (χ3n) is 2.60. The Morgan fingerprint density at radius 2 is 2.27 bits per heavy atom. The Kier molecular flexibility index (Phi) is 2.94. The maximum absolute atomic E-state index is 10.7. The molecule has 1 aromatic heterocycles. The number of aliphatic carboxylic acids is 1. The number of nitrogens with zero attached hydrogens (tertiary/aromatic N) is 1. The maximum atomic E-state index is 10.7. The fraction of sp³-hybridized carbons (Fsp3) is 0.400. The highest BCUT2D eigenvalue weighted by molar-refractivity contribution is 5.67. The van der Waals surface area contributed by atoms with Crippen molar-refractivity contribution in [3.05, 3.63) is 30.1 Å². The number of aromatic nitrogens is 1. The number of hydrazine groups is 1. The van der Waals surface area contributed by atoms with Gasteiger partial charge in [0, 0.05) is 24.9 Å². The van der Waals surface area contributed by atoms with Crippen molar-refractivity contribution in [3.63, 3.8) is 0 Å². The second kappa shape index (κ2) is 4.37. The minimum Gasteiger partial charge on any atom is -0.481 e. The van der Waals surface area contributed by atoms with E-state index in [9.17, 15) is 4.79 Å². The van der Waals surface area contributed by atoms with Crippen LogP contribution in [0.15, 0.2) is 24.5 Å². The number of rotatable bonds is 3. The van der Waals surface area contributed by atoms with Gasteiger partial charge in [0.2, 0.25) is 0 Å². The summed E-state index contributed by atoms with van der Waals surface area (Å²) in [6.07, 6.45) is 3.60. The van der Waals surface area contributed by atoms with Gasteiger partial charge in [-0.25, -0.2) is 5.43 Å². The van der Waals surface area contributed by atoms with Gasteiger partial charge in [0.25, 0.3) is 0 Å². The first kappa shape index (κ1) is 10.1. The van der Waals surface area contributed by atoms with Gasteiger partial charge in [-0.2, -0.15) is 0 Å². The first-order valence-corrected chi connectivity index (χ1v) is 4.87. The zero-order valence-corrected chi connectivity index (χ0v) is 8.18. The predicted molar refractivity (Wildman–Crippen MR) is 53.9 cm³/mol. The molecule has 80 valence electrons. The minimum absolute atomic E-state index is 0.0594. The minimum atomic E-state index is -0.760. The molecule has 2 heterocycles. The first-order chi connectivity index (χ1) is 7.27. The summed E-state index contributed by atoms with van der Waals surface area (Å²) in [5, 5.41) is 8.77. The van der Waals surface area contributed by atoms with Crippen LogP contribution in [0.1, 0.15) is 18.0 Å². The van der Waals surface area contributed by atoms with Gasteiger partial charge < -0.3 is 5.11 Å². The van der Waals surface area contributed by atoms with Gasteiger partial charge in [-0.1, -0.05) is 0 Å². The van der Waals surface area contributed by atoms with Gasteiger partial charge >= 0.3 is 5.97 Å². The van der Waals surface area contributed by atoms with Crippen molar-refractivity contribution in [2.24, 2.45) is 5.92 Å². The molecule has 0 spiro atoms. The van der Waals surface area contributed by atoms with Gasteiger partial charge in [0.05, 0.1) is 12.5 Å². The lowest BCUT2D eigenvalue weighted by Gasteiger charge is -2.16. The Morgan fingerprint density at radius 3 is 2.93 bits per heavy atom. The third kappa shape index (κ3) is 2.31. The topological polar surface area (TPSA) is 74.2 Å². The Labute approximate surface area is 87.5 Å². The molecule has 5 nitrogen and oxygen atoms in total. The highest BCUT2D eigenvalue weighted by Gasteiger charge is 2.29. The van der Waals surface area contributed by atoms with Crippen molar-refractivity contribution in [3.8, 4) is 0 Å². The molecule has 0 aromatic carbocycles. The van der Waals surface area contributed by atoms with Crippen LogP contribution in [-0.2, 0) is 4.79 Å².